The average Bonchev–Trinajstić information content (AvgIpc) is 0.880. The number of carboxylic acid groups (broad SMARTS) is 5. The monoisotopic (exact) mass is 1380 g/mol. The van der Waals surface area contributed by atoms with Crippen LogP contribution in [0.5, 0.6) is 0 Å². The summed E-state index contributed by atoms with van der Waals surface area (Å²) in [5, 5.41) is 50.8. The molecule has 23 heteroatoms. The number of hydrogen-bond acceptors (Lipinski definition) is 18. The van der Waals surface area contributed by atoms with E-state index in [-0.39, 0.29) is 110 Å². The molecule has 6 N–H and O–H groups in total. The standard InChI is InChI=1S/C74H136N4O19/c1-4-7-10-13-16-19-22-25-28-31-34-37-40-44-69(87)95-61-74(62-96-70(88)45-41-38-35-32-29-26-23-20-17-14-11-8-5-2,63-97-71(89)46-42-39-36-33-30-27-24-21-18-15-12-9-6-3)60-93-53-43-47-75-48-54-94-72(90)55-64(73(91)92)78(51-49-76(56-65(79)80)57-66(81)82)52-50-77(58-67(83)84)59-68(85)86/h64,75H,4-63H2,1-3H3,(H,79,80)(H,81,82)(H,83,84)(H,85,86)(H,91,92). The Balaban J connectivity index is 5.99. The van der Waals surface area contributed by atoms with Crippen molar-refractivity contribution in [1.82, 2.24) is 20.0 Å². The maximum absolute atomic E-state index is 13.4. The van der Waals surface area contributed by atoms with Crippen molar-refractivity contribution in [2.45, 2.75) is 309 Å². The molecule has 0 rings (SSSR count). The minimum absolute atomic E-state index is 0.0647. The van der Waals surface area contributed by atoms with Gasteiger partial charge in [-0.1, -0.05) is 252 Å². The van der Waals surface area contributed by atoms with Crippen LogP contribution >= 0.6 is 0 Å². The van der Waals surface area contributed by atoms with Gasteiger partial charge in [0.05, 0.1) is 44.6 Å². The molecule has 0 aromatic carbocycles. The molecule has 0 aromatic heterocycles. The molecule has 1 unspecified atom stereocenters. The van der Waals surface area contributed by atoms with Crippen LogP contribution in [0.25, 0.3) is 0 Å². The number of unbranched alkanes of at least 4 members (excludes halogenated alkanes) is 36. The van der Waals surface area contributed by atoms with E-state index in [1.165, 1.54) is 178 Å². The normalized spacial score (nSPS) is 11.9. The maximum atomic E-state index is 13.4. The Morgan fingerprint density at radius 3 is 0.897 bits per heavy atom. The Labute approximate surface area is 583 Å². The van der Waals surface area contributed by atoms with Crippen LogP contribution in [-0.4, -0.2) is 205 Å². The zero-order chi connectivity index (χ0) is 71.7. The molecule has 0 amide bonds. The molecule has 0 saturated carbocycles. The minimum atomic E-state index is -1.61. The van der Waals surface area contributed by atoms with Crippen LogP contribution in [0.2, 0.25) is 0 Å². The van der Waals surface area contributed by atoms with Crippen LogP contribution in [0.15, 0.2) is 0 Å². The summed E-state index contributed by atoms with van der Waals surface area (Å²) in [6.07, 6.45) is 46.1. The highest BCUT2D eigenvalue weighted by Gasteiger charge is 2.37. The zero-order valence-corrected chi connectivity index (χ0v) is 60.8. The van der Waals surface area contributed by atoms with Gasteiger partial charge in [-0.05, 0) is 32.2 Å². The van der Waals surface area contributed by atoms with Crippen LogP contribution in [0.1, 0.15) is 303 Å². The molecule has 0 saturated heterocycles. The Hall–Kier alpha value is -4.97. The van der Waals surface area contributed by atoms with E-state index in [1.807, 2.05) is 0 Å². The van der Waals surface area contributed by atoms with E-state index in [0.29, 0.717) is 32.2 Å². The lowest BCUT2D eigenvalue weighted by Gasteiger charge is -2.32. The third-order valence-corrected chi connectivity index (χ3v) is 17.6. The molecule has 0 heterocycles. The van der Waals surface area contributed by atoms with E-state index in [4.69, 9.17) is 23.7 Å². The number of hydrogen-bond donors (Lipinski definition) is 6. The number of nitrogens with one attached hydrogen (secondary N) is 1. The quantitative estimate of drug-likeness (QED) is 0.0187. The third kappa shape index (κ3) is 60.7. The average molecular weight is 1390 g/mol. The van der Waals surface area contributed by atoms with Crippen LogP contribution in [0.3, 0.4) is 0 Å². The van der Waals surface area contributed by atoms with Gasteiger partial charge in [-0.2, -0.15) is 0 Å². The largest absolute Gasteiger partial charge is 0.480 e. The zero-order valence-electron chi connectivity index (χ0n) is 60.8. The fourth-order valence-electron chi connectivity index (χ4n) is 11.7. The molecule has 0 radical (unpaired) electrons. The number of carboxylic acids is 5. The van der Waals surface area contributed by atoms with E-state index in [0.717, 1.165) is 67.6 Å². The number of nitrogens with zero attached hydrogens (tertiary/aromatic N) is 3. The number of aliphatic carboxylic acids is 5. The predicted octanol–water partition coefficient (Wildman–Crippen LogP) is 13.7. The first kappa shape index (κ1) is 92.0. The highest BCUT2D eigenvalue weighted by atomic mass is 16.6. The number of esters is 4. The van der Waals surface area contributed by atoms with Gasteiger partial charge >= 0.3 is 53.7 Å². The van der Waals surface area contributed by atoms with Gasteiger partial charge in [0.2, 0.25) is 0 Å². The van der Waals surface area contributed by atoms with Gasteiger partial charge in [-0.3, -0.25) is 57.9 Å². The molecule has 0 aliphatic carbocycles. The Bertz CT molecular complexity index is 1830. The summed E-state index contributed by atoms with van der Waals surface area (Å²) in [5.41, 5.74) is -1.21. The number of carbonyl (C=O) groups excluding carboxylic acids is 4. The van der Waals surface area contributed by atoms with Crippen molar-refractivity contribution in [3.8, 4) is 0 Å². The molecule has 1 atom stereocenters. The first-order valence-electron chi connectivity index (χ1n) is 38.1. The van der Waals surface area contributed by atoms with Crippen molar-refractivity contribution in [3.63, 3.8) is 0 Å². The van der Waals surface area contributed by atoms with Crippen molar-refractivity contribution in [2.24, 2.45) is 5.41 Å². The van der Waals surface area contributed by atoms with Crippen LogP contribution in [0.4, 0.5) is 0 Å². The molecular weight excluding hydrogens is 1250 g/mol. The molecule has 0 bridgehead atoms. The molecule has 0 aromatic rings. The fourth-order valence-corrected chi connectivity index (χ4v) is 11.7. The summed E-state index contributed by atoms with van der Waals surface area (Å²) >= 11 is 0. The first-order valence-corrected chi connectivity index (χ1v) is 38.1. The Kier molecular flexibility index (Phi) is 62.3. The first-order chi connectivity index (χ1) is 46.9. The Morgan fingerprint density at radius 1 is 0.330 bits per heavy atom. The molecule has 566 valence electrons. The van der Waals surface area contributed by atoms with E-state index in [2.05, 4.69) is 26.1 Å². The Morgan fingerprint density at radius 2 is 0.619 bits per heavy atom. The number of rotatable bonds is 75. The summed E-state index contributed by atoms with van der Waals surface area (Å²) in [6, 6.07) is -1.61. The fraction of sp³-hybridized carbons (Fsp3) is 0.878. The summed E-state index contributed by atoms with van der Waals surface area (Å²) < 4.78 is 29.5. The van der Waals surface area contributed by atoms with Gasteiger partial charge in [0.25, 0.3) is 0 Å². The number of ether oxygens (including phenoxy) is 5. The van der Waals surface area contributed by atoms with Crippen LogP contribution in [0, 0.1) is 5.41 Å². The van der Waals surface area contributed by atoms with E-state index >= 15 is 0 Å². The lowest BCUT2D eigenvalue weighted by molar-refractivity contribution is -0.168. The van der Waals surface area contributed by atoms with E-state index < -0.39 is 79.9 Å². The van der Waals surface area contributed by atoms with Gasteiger partial charge in [0.15, 0.2) is 0 Å². The second-order valence-corrected chi connectivity index (χ2v) is 26.9. The molecule has 23 nitrogen and oxygen atoms in total. The van der Waals surface area contributed by atoms with Gasteiger partial charge in [0.1, 0.15) is 32.5 Å². The molecule has 0 spiro atoms. The van der Waals surface area contributed by atoms with Crippen molar-refractivity contribution in [3.05, 3.63) is 0 Å². The molecule has 97 heavy (non-hydrogen) atoms. The van der Waals surface area contributed by atoms with Crippen molar-refractivity contribution < 1.29 is 92.4 Å². The van der Waals surface area contributed by atoms with E-state index in [1.54, 1.807) is 0 Å². The maximum Gasteiger partial charge on any atom is 0.321 e. The van der Waals surface area contributed by atoms with Crippen molar-refractivity contribution in [1.29, 1.82) is 0 Å². The third-order valence-electron chi connectivity index (χ3n) is 17.6. The van der Waals surface area contributed by atoms with E-state index in [9.17, 15) is 68.7 Å². The highest BCUT2D eigenvalue weighted by molar-refractivity contribution is 5.81. The lowest BCUT2D eigenvalue weighted by atomic mass is 9.92. The smallest absolute Gasteiger partial charge is 0.321 e. The van der Waals surface area contributed by atoms with Crippen molar-refractivity contribution in [2.75, 3.05) is 105 Å². The van der Waals surface area contributed by atoms with Crippen molar-refractivity contribution >= 4 is 53.7 Å². The summed E-state index contributed by atoms with van der Waals surface area (Å²) in [4.78, 5) is 115. The second-order valence-electron chi connectivity index (χ2n) is 26.9. The molecular formula is C74H136N4O19. The summed E-state index contributed by atoms with van der Waals surface area (Å²) in [7, 11) is 0. The molecule has 0 aliphatic rings. The topological polar surface area (TPSA) is 323 Å². The number of carbonyl (C=O) groups is 9. The van der Waals surface area contributed by atoms with Gasteiger partial charge in [-0.25, -0.2) is 0 Å². The molecule has 0 aliphatic heterocycles. The van der Waals surface area contributed by atoms with Gasteiger partial charge in [-0.15, -0.1) is 0 Å². The van der Waals surface area contributed by atoms with Gasteiger partial charge in [0, 0.05) is 58.6 Å². The summed E-state index contributed by atoms with van der Waals surface area (Å²) in [5.74, 6) is -8.95. The van der Waals surface area contributed by atoms with Crippen LogP contribution < -0.4 is 5.32 Å². The highest BCUT2D eigenvalue weighted by Crippen LogP contribution is 2.24. The lowest BCUT2D eigenvalue weighted by Crippen LogP contribution is -2.50. The predicted molar refractivity (Wildman–Crippen MR) is 377 cm³/mol. The van der Waals surface area contributed by atoms with Gasteiger partial charge < -0.3 is 54.5 Å². The second kappa shape index (κ2) is 65.6. The minimum Gasteiger partial charge on any atom is -0.480 e. The summed E-state index contributed by atoms with van der Waals surface area (Å²) in [6.45, 7) is 2.63. The van der Waals surface area contributed by atoms with Crippen LogP contribution in [-0.2, 0) is 66.8 Å². The molecule has 0 fully saturated rings. The SMILES string of the molecule is CCCCCCCCCCCCCCCC(=O)OCC(COCCCNCCOC(=O)CC(C(=O)O)N(CCN(CC(=O)O)CC(=O)O)CCN(CC(=O)O)CC(=O)O)(COC(=O)CCCCCCCCCCCCCCC)COC(=O)CCCCCCCCCCCCCCC.